The summed E-state index contributed by atoms with van der Waals surface area (Å²) in [7, 11) is 0. The number of amides is 1. The minimum Gasteiger partial charge on any atom is -0.378 e. The largest absolute Gasteiger partial charge is 0.378 e. The van der Waals surface area contributed by atoms with Gasteiger partial charge in [-0.25, -0.2) is 0 Å². The number of hydrogen-bond acceptors (Lipinski definition) is 3. The Morgan fingerprint density at radius 2 is 2.22 bits per heavy atom. The molecule has 0 aromatic heterocycles. The van der Waals surface area contributed by atoms with Crippen LogP contribution >= 0.6 is 0 Å². The van der Waals surface area contributed by atoms with Crippen LogP contribution in [0.15, 0.2) is 0 Å². The van der Waals surface area contributed by atoms with Gasteiger partial charge in [0.2, 0.25) is 5.91 Å². The monoisotopic (exact) mass is 254 g/mol. The normalized spacial score (nSPS) is 36.6. The highest BCUT2D eigenvalue weighted by Crippen LogP contribution is 2.23. The number of ether oxygens (including phenoxy) is 1. The van der Waals surface area contributed by atoms with Crippen molar-refractivity contribution in [1.29, 1.82) is 0 Å². The lowest BCUT2D eigenvalue weighted by molar-refractivity contribution is -0.125. The van der Waals surface area contributed by atoms with Crippen molar-refractivity contribution in [3.05, 3.63) is 0 Å². The first-order valence-electron chi connectivity index (χ1n) is 7.33. The summed E-state index contributed by atoms with van der Waals surface area (Å²) in [6, 6.07) is 0.557. The van der Waals surface area contributed by atoms with Crippen LogP contribution < -0.4 is 10.6 Å². The molecule has 0 aliphatic carbocycles. The molecule has 0 aromatic rings. The molecule has 0 bridgehead atoms. The predicted molar refractivity (Wildman–Crippen MR) is 71.3 cm³/mol. The average molecular weight is 254 g/mol. The van der Waals surface area contributed by atoms with Gasteiger partial charge in [-0.3, -0.25) is 4.79 Å². The van der Waals surface area contributed by atoms with Crippen LogP contribution in [0.5, 0.6) is 0 Å². The fraction of sp³-hybridized carbons (Fsp3) is 0.929. The van der Waals surface area contributed by atoms with Crippen LogP contribution in [0, 0.1) is 11.8 Å². The van der Waals surface area contributed by atoms with Crippen LogP contribution in [0.2, 0.25) is 0 Å². The Labute approximate surface area is 110 Å². The SMILES string of the molecule is CCC1OCCC1CNC(=O)C1CCC(C)NC1. The molecule has 4 nitrogen and oxygen atoms in total. The summed E-state index contributed by atoms with van der Waals surface area (Å²) in [6.45, 7) is 6.78. The van der Waals surface area contributed by atoms with E-state index in [0.29, 0.717) is 18.1 Å². The van der Waals surface area contributed by atoms with E-state index in [0.717, 1.165) is 45.4 Å². The van der Waals surface area contributed by atoms with E-state index in [-0.39, 0.29) is 11.8 Å². The average Bonchev–Trinajstić information content (AvgIpc) is 2.84. The summed E-state index contributed by atoms with van der Waals surface area (Å²) in [5.74, 6) is 0.883. The summed E-state index contributed by atoms with van der Waals surface area (Å²) < 4.78 is 5.64. The lowest BCUT2D eigenvalue weighted by Crippen LogP contribution is -2.45. The number of hydrogen-bond donors (Lipinski definition) is 2. The standard InChI is InChI=1S/C14H26N2O2/c1-3-13-11(6-7-18-13)8-16-14(17)12-5-4-10(2)15-9-12/h10-13,15H,3-9H2,1-2H3,(H,16,17). The van der Waals surface area contributed by atoms with E-state index in [1.54, 1.807) is 0 Å². The van der Waals surface area contributed by atoms with Gasteiger partial charge in [0, 0.05) is 31.7 Å². The first-order chi connectivity index (χ1) is 8.70. The van der Waals surface area contributed by atoms with Crippen LogP contribution in [0.25, 0.3) is 0 Å². The third-order valence-corrected chi connectivity index (χ3v) is 4.32. The molecule has 2 rings (SSSR count). The molecule has 4 atom stereocenters. The van der Waals surface area contributed by atoms with Crippen LogP contribution in [0.1, 0.15) is 39.5 Å². The maximum atomic E-state index is 12.1. The van der Waals surface area contributed by atoms with Gasteiger partial charge < -0.3 is 15.4 Å². The van der Waals surface area contributed by atoms with Crippen molar-refractivity contribution in [2.24, 2.45) is 11.8 Å². The molecule has 1 amide bonds. The Morgan fingerprint density at radius 3 is 2.89 bits per heavy atom. The first kappa shape index (κ1) is 13.8. The van der Waals surface area contributed by atoms with Crippen LogP contribution in [0.3, 0.4) is 0 Å². The lowest BCUT2D eigenvalue weighted by Gasteiger charge is -2.27. The van der Waals surface area contributed by atoms with Crippen molar-refractivity contribution in [2.45, 2.75) is 51.7 Å². The second kappa shape index (κ2) is 6.53. The van der Waals surface area contributed by atoms with Crippen molar-refractivity contribution in [3.63, 3.8) is 0 Å². The smallest absolute Gasteiger partial charge is 0.224 e. The third kappa shape index (κ3) is 3.45. The van der Waals surface area contributed by atoms with E-state index in [1.165, 1.54) is 0 Å². The molecule has 0 aromatic carbocycles. The van der Waals surface area contributed by atoms with Gasteiger partial charge in [0.1, 0.15) is 0 Å². The molecule has 2 N–H and O–H groups in total. The molecule has 2 aliphatic heterocycles. The van der Waals surface area contributed by atoms with E-state index in [9.17, 15) is 4.79 Å². The molecule has 18 heavy (non-hydrogen) atoms. The van der Waals surface area contributed by atoms with E-state index in [2.05, 4.69) is 24.5 Å². The second-order valence-corrected chi connectivity index (χ2v) is 5.69. The van der Waals surface area contributed by atoms with Crippen molar-refractivity contribution in [3.8, 4) is 0 Å². The molecule has 104 valence electrons. The fourth-order valence-corrected chi connectivity index (χ4v) is 2.98. The Kier molecular flexibility index (Phi) is 5.01. The van der Waals surface area contributed by atoms with Gasteiger partial charge in [-0.1, -0.05) is 6.92 Å². The Morgan fingerprint density at radius 1 is 1.39 bits per heavy atom. The summed E-state index contributed by atoms with van der Waals surface area (Å²) in [5.41, 5.74) is 0. The molecule has 2 heterocycles. The summed E-state index contributed by atoms with van der Waals surface area (Å²) in [5, 5.41) is 6.49. The number of carbonyl (C=O) groups is 1. The topological polar surface area (TPSA) is 50.4 Å². The van der Waals surface area contributed by atoms with Crippen molar-refractivity contribution in [1.82, 2.24) is 10.6 Å². The van der Waals surface area contributed by atoms with Gasteiger partial charge in [-0.2, -0.15) is 0 Å². The fourth-order valence-electron chi connectivity index (χ4n) is 2.98. The Bertz CT molecular complexity index is 275. The van der Waals surface area contributed by atoms with Crippen LogP contribution in [0.4, 0.5) is 0 Å². The first-order valence-corrected chi connectivity index (χ1v) is 7.33. The van der Waals surface area contributed by atoms with Gasteiger partial charge in [0.25, 0.3) is 0 Å². The molecule has 2 saturated heterocycles. The lowest BCUT2D eigenvalue weighted by atomic mass is 9.94. The Balaban J connectivity index is 1.71. The molecule has 0 spiro atoms. The van der Waals surface area contributed by atoms with E-state index < -0.39 is 0 Å². The third-order valence-electron chi connectivity index (χ3n) is 4.32. The number of carbonyl (C=O) groups excluding carboxylic acids is 1. The molecular formula is C14H26N2O2. The highest BCUT2D eigenvalue weighted by molar-refractivity contribution is 5.79. The molecule has 0 saturated carbocycles. The highest BCUT2D eigenvalue weighted by Gasteiger charge is 2.29. The van der Waals surface area contributed by atoms with Crippen molar-refractivity contribution in [2.75, 3.05) is 19.7 Å². The van der Waals surface area contributed by atoms with E-state index >= 15 is 0 Å². The Hall–Kier alpha value is -0.610. The minimum absolute atomic E-state index is 0.156. The van der Waals surface area contributed by atoms with Crippen LogP contribution in [-0.4, -0.2) is 37.7 Å². The number of nitrogens with one attached hydrogen (secondary N) is 2. The minimum atomic E-state index is 0.156. The van der Waals surface area contributed by atoms with E-state index in [1.807, 2.05) is 0 Å². The zero-order valence-electron chi connectivity index (χ0n) is 11.6. The zero-order chi connectivity index (χ0) is 13.0. The molecule has 2 aliphatic rings. The molecule has 4 heteroatoms. The van der Waals surface area contributed by atoms with Gasteiger partial charge in [-0.15, -0.1) is 0 Å². The predicted octanol–water partition coefficient (Wildman–Crippen LogP) is 1.31. The maximum Gasteiger partial charge on any atom is 0.224 e. The quantitative estimate of drug-likeness (QED) is 0.795. The molecule has 2 fully saturated rings. The van der Waals surface area contributed by atoms with Gasteiger partial charge in [-0.05, 0) is 32.6 Å². The van der Waals surface area contributed by atoms with E-state index in [4.69, 9.17) is 4.74 Å². The van der Waals surface area contributed by atoms with Crippen LogP contribution in [-0.2, 0) is 9.53 Å². The van der Waals surface area contributed by atoms with Gasteiger partial charge >= 0.3 is 0 Å². The number of rotatable bonds is 4. The summed E-state index contributed by atoms with van der Waals surface area (Å²) in [6.07, 6.45) is 4.58. The van der Waals surface area contributed by atoms with Gasteiger partial charge in [0.05, 0.1) is 12.0 Å². The zero-order valence-corrected chi connectivity index (χ0v) is 11.6. The molecular weight excluding hydrogens is 228 g/mol. The molecule has 4 unspecified atom stereocenters. The maximum absolute atomic E-state index is 12.1. The molecule has 0 radical (unpaired) electrons. The summed E-state index contributed by atoms with van der Waals surface area (Å²) >= 11 is 0. The van der Waals surface area contributed by atoms with Crippen molar-refractivity contribution < 1.29 is 9.53 Å². The second-order valence-electron chi connectivity index (χ2n) is 5.69. The highest BCUT2D eigenvalue weighted by atomic mass is 16.5. The van der Waals surface area contributed by atoms with Gasteiger partial charge in [0.15, 0.2) is 0 Å². The number of piperidine rings is 1. The van der Waals surface area contributed by atoms with Crippen molar-refractivity contribution >= 4 is 5.91 Å². The summed E-state index contributed by atoms with van der Waals surface area (Å²) in [4.78, 5) is 12.1.